The van der Waals surface area contributed by atoms with E-state index in [0.29, 0.717) is 13.0 Å². The number of ether oxygens (including phenoxy) is 1. The van der Waals surface area contributed by atoms with Crippen LogP contribution in [0.3, 0.4) is 0 Å². The monoisotopic (exact) mass is 230 g/mol. The summed E-state index contributed by atoms with van der Waals surface area (Å²) in [5, 5.41) is 0. The number of nitrogens with two attached hydrogens (primary N) is 1. The Morgan fingerprint density at radius 1 is 1.19 bits per heavy atom. The van der Waals surface area contributed by atoms with Gasteiger partial charge in [0.05, 0.1) is 6.61 Å². The lowest BCUT2D eigenvalue weighted by atomic mass is 10.2. The fourth-order valence-corrected chi connectivity index (χ4v) is 1.66. The van der Waals surface area contributed by atoms with Gasteiger partial charge in [-0.15, -0.1) is 0 Å². The average Bonchev–Trinajstić information content (AvgIpc) is 2.26. The van der Waals surface area contributed by atoms with Gasteiger partial charge < -0.3 is 15.4 Å². The van der Waals surface area contributed by atoms with Crippen molar-refractivity contribution in [2.45, 2.75) is 46.1 Å². The van der Waals surface area contributed by atoms with E-state index < -0.39 is 6.04 Å². The molecule has 0 aliphatic rings. The van der Waals surface area contributed by atoms with Gasteiger partial charge >= 0.3 is 5.97 Å². The van der Waals surface area contributed by atoms with Crippen LogP contribution in [0.1, 0.15) is 40.0 Å². The van der Waals surface area contributed by atoms with Gasteiger partial charge in [0.1, 0.15) is 6.04 Å². The zero-order chi connectivity index (χ0) is 12.4. The van der Waals surface area contributed by atoms with Crippen LogP contribution in [0, 0.1) is 0 Å². The lowest BCUT2D eigenvalue weighted by molar-refractivity contribution is -0.144. The molecule has 16 heavy (non-hydrogen) atoms. The fraction of sp³-hybridized carbons (Fsp3) is 0.917. The van der Waals surface area contributed by atoms with Crippen LogP contribution in [-0.4, -0.2) is 43.2 Å². The Morgan fingerprint density at radius 2 is 1.75 bits per heavy atom. The highest BCUT2D eigenvalue weighted by Crippen LogP contribution is 1.99. The molecule has 0 aromatic rings. The van der Waals surface area contributed by atoms with E-state index in [1.165, 1.54) is 0 Å². The van der Waals surface area contributed by atoms with Crippen molar-refractivity contribution in [3.05, 3.63) is 0 Å². The Balaban J connectivity index is 3.84. The predicted octanol–water partition coefficient (Wildman–Crippen LogP) is 1.39. The largest absolute Gasteiger partial charge is 0.465 e. The van der Waals surface area contributed by atoms with Crippen molar-refractivity contribution in [2.24, 2.45) is 5.73 Å². The normalized spacial score (nSPS) is 12.8. The molecule has 96 valence electrons. The highest BCUT2D eigenvalue weighted by molar-refractivity contribution is 5.75. The van der Waals surface area contributed by atoms with E-state index in [1.807, 2.05) is 0 Å². The van der Waals surface area contributed by atoms with Crippen molar-refractivity contribution in [1.29, 1.82) is 0 Å². The number of hydrogen-bond acceptors (Lipinski definition) is 4. The van der Waals surface area contributed by atoms with Crippen LogP contribution >= 0.6 is 0 Å². The zero-order valence-electron chi connectivity index (χ0n) is 10.9. The molecule has 0 rings (SSSR count). The molecular weight excluding hydrogens is 204 g/mol. The van der Waals surface area contributed by atoms with E-state index >= 15 is 0 Å². The third kappa shape index (κ3) is 6.80. The van der Waals surface area contributed by atoms with Gasteiger partial charge in [0.2, 0.25) is 0 Å². The van der Waals surface area contributed by atoms with Crippen molar-refractivity contribution in [1.82, 2.24) is 4.90 Å². The number of hydrogen-bond donors (Lipinski definition) is 1. The van der Waals surface area contributed by atoms with Crippen molar-refractivity contribution in [2.75, 3.05) is 26.2 Å². The molecule has 0 heterocycles. The van der Waals surface area contributed by atoms with Gasteiger partial charge in [-0.3, -0.25) is 4.79 Å². The molecule has 0 aliphatic carbocycles. The molecule has 0 radical (unpaired) electrons. The number of esters is 1. The molecule has 0 fully saturated rings. The van der Waals surface area contributed by atoms with Gasteiger partial charge in [-0.05, 0) is 39.3 Å². The van der Waals surface area contributed by atoms with E-state index in [4.69, 9.17) is 10.5 Å². The lowest BCUT2D eigenvalue weighted by Crippen LogP contribution is -2.37. The summed E-state index contributed by atoms with van der Waals surface area (Å²) in [6, 6.07) is -0.476. The summed E-state index contributed by atoms with van der Waals surface area (Å²) in [6.45, 7) is 9.54. The van der Waals surface area contributed by atoms with E-state index in [-0.39, 0.29) is 5.97 Å². The van der Waals surface area contributed by atoms with Crippen molar-refractivity contribution in [3.63, 3.8) is 0 Å². The predicted molar refractivity (Wildman–Crippen MR) is 66.2 cm³/mol. The number of carbonyl (C=O) groups is 1. The van der Waals surface area contributed by atoms with Crippen LogP contribution in [0.4, 0.5) is 0 Å². The fourth-order valence-electron chi connectivity index (χ4n) is 1.66. The first-order valence-electron chi connectivity index (χ1n) is 6.30. The van der Waals surface area contributed by atoms with Crippen LogP contribution in [0.15, 0.2) is 0 Å². The van der Waals surface area contributed by atoms with E-state index in [2.05, 4.69) is 18.7 Å². The number of carbonyl (C=O) groups excluding carboxylic acids is 1. The van der Waals surface area contributed by atoms with Gasteiger partial charge in [-0.1, -0.05) is 13.8 Å². The van der Waals surface area contributed by atoms with Crippen LogP contribution in [0.5, 0.6) is 0 Å². The summed E-state index contributed by atoms with van der Waals surface area (Å²) < 4.78 is 4.87. The van der Waals surface area contributed by atoms with Crippen LogP contribution in [-0.2, 0) is 9.53 Å². The van der Waals surface area contributed by atoms with Crippen LogP contribution in [0.25, 0.3) is 0 Å². The van der Waals surface area contributed by atoms with Crippen molar-refractivity contribution in [3.8, 4) is 0 Å². The molecule has 1 unspecified atom stereocenters. The molecule has 0 amide bonds. The Morgan fingerprint density at radius 3 is 2.19 bits per heavy atom. The molecule has 0 saturated heterocycles. The molecule has 4 nitrogen and oxygen atoms in total. The molecule has 0 aromatic carbocycles. The molecule has 0 bridgehead atoms. The second kappa shape index (κ2) is 9.60. The van der Waals surface area contributed by atoms with Gasteiger partial charge in [-0.25, -0.2) is 0 Å². The highest BCUT2D eigenvalue weighted by Gasteiger charge is 2.15. The Labute approximate surface area is 99.1 Å². The zero-order valence-corrected chi connectivity index (χ0v) is 10.9. The molecule has 0 aromatic heterocycles. The summed E-state index contributed by atoms with van der Waals surface area (Å²) in [7, 11) is 0. The Kier molecular flexibility index (Phi) is 9.24. The van der Waals surface area contributed by atoms with E-state index in [0.717, 1.165) is 32.5 Å². The first-order valence-corrected chi connectivity index (χ1v) is 6.30. The summed E-state index contributed by atoms with van der Waals surface area (Å²) in [4.78, 5) is 13.7. The molecule has 0 spiro atoms. The second-order valence-corrected chi connectivity index (χ2v) is 3.99. The van der Waals surface area contributed by atoms with Crippen molar-refractivity contribution < 1.29 is 9.53 Å². The molecule has 4 heteroatoms. The van der Waals surface area contributed by atoms with Crippen LogP contribution < -0.4 is 5.73 Å². The van der Waals surface area contributed by atoms with Gasteiger partial charge in [0.25, 0.3) is 0 Å². The van der Waals surface area contributed by atoms with Crippen molar-refractivity contribution >= 4 is 5.97 Å². The van der Waals surface area contributed by atoms with E-state index in [9.17, 15) is 4.79 Å². The van der Waals surface area contributed by atoms with Gasteiger partial charge in [-0.2, -0.15) is 0 Å². The maximum Gasteiger partial charge on any atom is 0.322 e. The lowest BCUT2D eigenvalue weighted by Gasteiger charge is -2.22. The third-order valence-corrected chi connectivity index (χ3v) is 2.43. The number of nitrogens with zero attached hydrogens (tertiary/aromatic N) is 1. The Hall–Kier alpha value is -0.610. The molecule has 1 atom stereocenters. The maximum atomic E-state index is 11.3. The third-order valence-electron chi connectivity index (χ3n) is 2.43. The average molecular weight is 230 g/mol. The SMILES string of the molecule is CCCN(CCC)CCC(N)C(=O)OCC. The smallest absolute Gasteiger partial charge is 0.322 e. The van der Waals surface area contributed by atoms with Gasteiger partial charge in [0, 0.05) is 6.54 Å². The number of rotatable bonds is 9. The minimum absolute atomic E-state index is 0.282. The molecule has 2 N–H and O–H groups in total. The quantitative estimate of drug-likeness (QED) is 0.608. The molecular formula is C12H26N2O2. The Bertz CT molecular complexity index is 180. The topological polar surface area (TPSA) is 55.6 Å². The summed E-state index contributed by atoms with van der Waals surface area (Å²) in [5.74, 6) is -0.282. The van der Waals surface area contributed by atoms with Crippen LogP contribution in [0.2, 0.25) is 0 Å². The molecule has 0 aliphatic heterocycles. The first kappa shape index (κ1) is 15.4. The maximum absolute atomic E-state index is 11.3. The standard InChI is InChI=1S/C12H26N2O2/c1-4-8-14(9-5-2)10-7-11(13)12(15)16-6-3/h11H,4-10,13H2,1-3H3. The highest BCUT2D eigenvalue weighted by atomic mass is 16.5. The molecule has 0 saturated carbocycles. The second-order valence-electron chi connectivity index (χ2n) is 3.99. The van der Waals surface area contributed by atoms with E-state index in [1.54, 1.807) is 6.92 Å². The minimum atomic E-state index is -0.476. The summed E-state index contributed by atoms with van der Waals surface area (Å²) in [5.41, 5.74) is 5.74. The van der Waals surface area contributed by atoms with Gasteiger partial charge in [0.15, 0.2) is 0 Å². The first-order chi connectivity index (χ1) is 7.65. The minimum Gasteiger partial charge on any atom is -0.465 e. The summed E-state index contributed by atoms with van der Waals surface area (Å²) >= 11 is 0. The summed E-state index contributed by atoms with van der Waals surface area (Å²) in [6.07, 6.45) is 2.95.